The Balaban J connectivity index is 1.98. The van der Waals surface area contributed by atoms with E-state index in [1.165, 1.54) is 6.07 Å². The van der Waals surface area contributed by atoms with Crippen LogP contribution in [0.3, 0.4) is 0 Å². The highest BCUT2D eigenvalue weighted by Gasteiger charge is 2.48. The van der Waals surface area contributed by atoms with Crippen LogP contribution in [0.25, 0.3) is 11.3 Å². The number of alkyl halides is 3. The molecule has 0 amide bonds. The molecule has 2 nitrogen and oxygen atoms in total. The molecule has 4 rings (SSSR count). The van der Waals surface area contributed by atoms with Gasteiger partial charge in [-0.2, -0.15) is 13.2 Å². The number of allylic oxidation sites excluding steroid dienone is 2. The number of nitrogens with zero attached hydrogens (tertiary/aromatic N) is 1. The molecule has 27 heavy (non-hydrogen) atoms. The molecule has 2 heterocycles. The second kappa shape index (κ2) is 5.98. The minimum Gasteiger partial charge on any atom is -0.330 e. The Morgan fingerprint density at radius 1 is 0.926 bits per heavy atom. The van der Waals surface area contributed by atoms with Gasteiger partial charge < -0.3 is 4.90 Å². The summed E-state index contributed by atoms with van der Waals surface area (Å²) in [5, 5.41) is 0. The number of halogens is 3. The zero-order valence-corrected chi connectivity index (χ0v) is 14.5. The molecule has 1 unspecified atom stereocenters. The van der Waals surface area contributed by atoms with E-state index < -0.39 is 17.3 Å². The van der Waals surface area contributed by atoms with Gasteiger partial charge in [0.2, 0.25) is 0 Å². The molecule has 2 aromatic carbocycles. The third kappa shape index (κ3) is 2.70. The molecule has 2 aromatic rings. The van der Waals surface area contributed by atoms with Crippen LogP contribution in [0.15, 0.2) is 79.0 Å². The largest absolute Gasteiger partial charge is 0.416 e. The molecule has 0 N–H and O–H groups in total. The van der Waals surface area contributed by atoms with Gasteiger partial charge in [-0.3, -0.25) is 4.79 Å². The van der Waals surface area contributed by atoms with Gasteiger partial charge >= 0.3 is 6.18 Å². The number of ketones is 1. The van der Waals surface area contributed by atoms with E-state index in [2.05, 4.69) is 0 Å². The number of hydrogen-bond donors (Lipinski definition) is 0. The van der Waals surface area contributed by atoms with Gasteiger partial charge in [0.05, 0.1) is 16.8 Å². The zero-order chi connectivity index (χ0) is 19.2. The Kier molecular flexibility index (Phi) is 3.84. The molecular formula is C22H16F3NO. The molecule has 0 saturated carbocycles. The lowest BCUT2D eigenvalue weighted by molar-refractivity contribution is -0.137. The average Bonchev–Trinajstić information content (AvgIpc) is 2.90. The van der Waals surface area contributed by atoms with Crippen molar-refractivity contribution in [2.75, 3.05) is 0 Å². The lowest BCUT2D eigenvalue weighted by atomic mass is 9.89. The highest BCUT2D eigenvalue weighted by atomic mass is 19.4. The van der Waals surface area contributed by atoms with Crippen LogP contribution in [0, 0.1) is 0 Å². The number of carbonyl (C=O) groups is 1. The molecule has 2 aliphatic rings. The molecule has 2 aliphatic heterocycles. The first-order valence-corrected chi connectivity index (χ1v) is 8.50. The van der Waals surface area contributed by atoms with Crippen molar-refractivity contribution in [1.82, 2.24) is 4.90 Å². The van der Waals surface area contributed by atoms with Crippen LogP contribution in [0.4, 0.5) is 13.2 Å². The van der Waals surface area contributed by atoms with E-state index in [-0.39, 0.29) is 11.3 Å². The number of rotatable bonds is 2. The van der Waals surface area contributed by atoms with Crippen molar-refractivity contribution in [2.45, 2.75) is 18.6 Å². The van der Waals surface area contributed by atoms with Gasteiger partial charge in [0, 0.05) is 6.20 Å². The first-order valence-electron chi connectivity index (χ1n) is 8.50. The van der Waals surface area contributed by atoms with Crippen molar-refractivity contribution in [3.63, 3.8) is 0 Å². The summed E-state index contributed by atoms with van der Waals surface area (Å²) in [6.07, 6.45) is 2.70. The lowest BCUT2D eigenvalue weighted by Gasteiger charge is -2.34. The van der Waals surface area contributed by atoms with E-state index >= 15 is 0 Å². The number of benzene rings is 2. The van der Waals surface area contributed by atoms with E-state index in [4.69, 9.17) is 0 Å². The quantitative estimate of drug-likeness (QED) is 0.718. The van der Waals surface area contributed by atoms with E-state index in [9.17, 15) is 18.0 Å². The smallest absolute Gasteiger partial charge is 0.330 e. The van der Waals surface area contributed by atoms with E-state index in [0.29, 0.717) is 11.3 Å². The van der Waals surface area contributed by atoms with Crippen molar-refractivity contribution < 1.29 is 18.0 Å². The highest BCUT2D eigenvalue weighted by Crippen LogP contribution is 2.46. The van der Waals surface area contributed by atoms with Gasteiger partial charge in [-0.15, -0.1) is 0 Å². The Morgan fingerprint density at radius 2 is 1.63 bits per heavy atom. The summed E-state index contributed by atoms with van der Waals surface area (Å²) in [4.78, 5) is 15.2. The molecule has 0 saturated heterocycles. The number of Topliss-reactive ketones (excluding diaryl/α,β-unsaturated/α-hetero) is 1. The molecule has 0 fully saturated rings. The van der Waals surface area contributed by atoms with E-state index in [1.54, 1.807) is 31.3 Å². The second-order valence-electron chi connectivity index (χ2n) is 6.72. The van der Waals surface area contributed by atoms with Crippen LogP contribution in [0.1, 0.15) is 23.6 Å². The molecular weight excluding hydrogens is 351 g/mol. The monoisotopic (exact) mass is 367 g/mol. The Labute approximate surface area is 154 Å². The summed E-state index contributed by atoms with van der Waals surface area (Å²) >= 11 is 0. The first kappa shape index (κ1) is 17.3. The molecule has 0 spiro atoms. The summed E-state index contributed by atoms with van der Waals surface area (Å²) in [5.41, 5.74) is 0.236. The maximum atomic E-state index is 13.3. The summed E-state index contributed by atoms with van der Waals surface area (Å²) in [6.45, 7) is 1.78. The predicted molar refractivity (Wildman–Crippen MR) is 98.2 cm³/mol. The van der Waals surface area contributed by atoms with Gasteiger partial charge in [-0.1, -0.05) is 54.6 Å². The standard InChI is InChI=1S/C22H16F3NO/c1-21-12-5-6-13-26(21)19(15-8-3-2-4-9-15)18(20(21)27)16-10-7-11-17(14-16)22(23,24)25/h2-14H,1H3. The van der Waals surface area contributed by atoms with Gasteiger partial charge in [0.15, 0.2) is 5.78 Å². The third-order valence-electron chi connectivity index (χ3n) is 4.96. The Hall–Kier alpha value is -3.08. The average molecular weight is 367 g/mol. The predicted octanol–water partition coefficient (Wildman–Crippen LogP) is 5.30. The number of fused-ring (bicyclic) bond motifs is 1. The van der Waals surface area contributed by atoms with Crippen LogP contribution < -0.4 is 0 Å². The third-order valence-corrected chi connectivity index (χ3v) is 4.96. The minimum atomic E-state index is -4.47. The second-order valence-corrected chi connectivity index (χ2v) is 6.72. The number of carbonyl (C=O) groups excluding carboxylic acids is 1. The maximum absolute atomic E-state index is 13.3. The molecule has 0 aliphatic carbocycles. The first-order chi connectivity index (χ1) is 12.8. The van der Waals surface area contributed by atoms with Crippen molar-refractivity contribution in [2.24, 2.45) is 0 Å². The van der Waals surface area contributed by atoms with Crippen LogP contribution in [0.5, 0.6) is 0 Å². The molecule has 136 valence electrons. The van der Waals surface area contributed by atoms with E-state index in [0.717, 1.165) is 17.7 Å². The molecule has 0 aromatic heterocycles. The summed E-state index contributed by atoms with van der Waals surface area (Å²) in [5.74, 6) is -0.221. The fourth-order valence-corrected chi connectivity index (χ4v) is 3.59. The fourth-order valence-electron chi connectivity index (χ4n) is 3.59. The Bertz CT molecular complexity index is 1000. The van der Waals surface area contributed by atoms with Crippen LogP contribution >= 0.6 is 0 Å². The molecule has 0 radical (unpaired) electrons. The van der Waals surface area contributed by atoms with Crippen molar-refractivity contribution in [3.8, 4) is 0 Å². The van der Waals surface area contributed by atoms with Gasteiger partial charge in [-0.25, -0.2) is 0 Å². The number of hydrogen-bond acceptors (Lipinski definition) is 2. The maximum Gasteiger partial charge on any atom is 0.416 e. The lowest BCUT2D eigenvalue weighted by Crippen LogP contribution is -2.43. The van der Waals surface area contributed by atoms with Crippen LogP contribution in [-0.2, 0) is 11.0 Å². The SMILES string of the molecule is CC12C=CC=CN1C(c1ccccc1)=C(c1cccc(C(F)(F)F)c1)C2=O. The molecule has 5 heteroatoms. The summed E-state index contributed by atoms with van der Waals surface area (Å²) in [6, 6.07) is 14.2. The van der Waals surface area contributed by atoms with Gasteiger partial charge in [-0.05, 0) is 36.3 Å². The van der Waals surface area contributed by atoms with Crippen molar-refractivity contribution in [1.29, 1.82) is 0 Å². The molecule has 0 bridgehead atoms. The van der Waals surface area contributed by atoms with Crippen molar-refractivity contribution in [3.05, 3.63) is 95.7 Å². The highest BCUT2D eigenvalue weighted by molar-refractivity contribution is 6.35. The van der Waals surface area contributed by atoms with Crippen LogP contribution in [-0.4, -0.2) is 16.2 Å². The Morgan fingerprint density at radius 3 is 2.33 bits per heavy atom. The summed E-state index contributed by atoms with van der Waals surface area (Å²) in [7, 11) is 0. The normalized spacial score (nSPS) is 21.8. The molecule has 1 atom stereocenters. The minimum absolute atomic E-state index is 0.221. The van der Waals surface area contributed by atoms with Crippen LogP contribution in [0.2, 0.25) is 0 Å². The van der Waals surface area contributed by atoms with E-state index in [1.807, 2.05) is 41.3 Å². The zero-order valence-electron chi connectivity index (χ0n) is 14.5. The topological polar surface area (TPSA) is 20.3 Å². The fraction of sp³-hybridized carbons (Fsp3) is 0.136. The summed E-state index contributed by atoms with van der Waals surface area (Å²) < 4.78 is 39.6. The van der Waals surface area contributed by atoms with Crippen molar-refractivity contribution >= 4 is 17.1 Å². The van der Waals surface area contributed by atoms with Gasteiger partial charge in [0.25, 0.3) is 0 Å². The van der Waals surface area contributed by atoms with Gasteiger partial charge in [0.1, 0.15) is 5.54 Å².